The van der Waals surface area contributed by atoms with E-state index in [0.29, 0.717) is 5.71 Å². The van der Waals surface area contributed by atoms with Crippen LogP contribution >= 0.6 is 11.6 Å². The number of carbonyl (C=O) groups excluding carboxylic acids is 1. The van der Waals surface area contributed by atoms with Crippen molar-refractivity contribution in [3.05, 3.63) is 74.8 Å². The summed E-state index contributed by atoms with van der Waals surface area (Å²) in [6.07, 6.45) is 0. The number of hydrazone groups is 1. The Morgan fingerprint density at radius 2 is 1.86 bits per heavy atom. The van der Waals surface area contributed by atoms with Gasteiger partial charge < -0.3 is 0 Å². The summed E-state index contributed by atoms with van der Waals surface area (Å²) in [7, 11) is 0. The van der Waals surface area contributed by atoms with Crippen LogP contribution in [0.25, 0.3) is 0 Å². The molecule has 7 heteroatoms. The summed E-state index contributed by atoms with van der Waals surface area (Å²) in [4.78, 5) is 22.2. The van der Waals surface area contributed by atoms with Crippen molar-refractivity contribution in [1.82, 2.24) is 5.43 Å². The number of rotatable bonds is 4. The SMILES string of the molecule is C/C(=N\NC(=O)c1ccc(Cl)c([N+](=O)[O-])c1)c1ccccc1. The first-order valence-corrected chi connectivity index (χ1v) is 6.71. The van der Waals surface area contributed by atoms with Crippen LogP contribution in [0, 0.1) is 10.1 Å². The average Bonchev–Trinajstić information content (AvgIpc) is 2.53. The molecule has 0 radical (unpaired) electrons. The van der Waals surface area contributed by atoms with Crippen LogP contribution in [0.1, 0.15) is 22.8 Å². The van der Waals surface area contributed by atoms with Gasteiger partial charge in [0.2, 0.25) is 0 Å². The summed E-state index contributed by atoms with van der Waals surface area (Å²) in [5.41, 5.74) is 3.64. The minimum absolute atomic E-state index is 0.0227. The second-order valence-electron chi connectivity index (χ2n) is 4.43. The third-order valence-electron chi connectivity index (χ3n) is 2.92. The molecule has 0 spiro atoms. The summed E-state index contributed by atoms with van der Waals surface area (Å²) >= 11 is 5.70. The van der Waals surface area contributed by atoms with Crippen LogP contribution in [0.15, 0.2) is 53.6 Å². The monoisotopic (exact) mass is 317 g/mol. The molecule has 0 aliphatic rings. The van der Waals surface area contributed by atoms with Crippen LogP contribution in [0.5, 0.6) is 0 Å². The Bertz CT molecular complexity index is 745. The van der Waals surface area contributed by atoms with E-state index in [1.165, 1.54) is 12.1 Å². The van der Waals surface area contributed by atoms with Crippen molar-refractivity contribution in [2.24, 2.45) is 5.10 Å². The molecule has 0 heterocycles. The van der Waals surface area contributed by atoms with Gasteiger partial charge in [0.25, 0.3) is 11.6 Å². The Kier molecular flexibility index (Phi) is 4.85. The third-order valence-corrected chi connectivity index (χ3v) is 3.24. The van der Waals surface area contributed by atoms with E-state index < -0.39 is 10.8 Å². The van der Waals surface area contributed by atoms with E-state index in [9.17, 15) is 14.9 Å². The molecule has 0 aliphatic heterocycles. The van der Waals surface area contributed by atoms with Gasteiger partial charge in [0.1, 0.15) is 5.02 Å². The van der Waals surface area contributed by atoms with Gasteiger partial charge in [-0.05, 0) is 24.6 Å². The molecule has 2 rings (SSSR count). The maximum atomic E-state index is 12.0. The first-order chi connectivity index (χ1) is 10.5. The largest absolute Gasteiger partial charge is 0.288 e. The first kappa shape index (κ1) is 15.7. The van der Waals surface area contributed by atoms with Gasteiger partial charge in [0.15, 0.2) is 0 Å². The van der Waals surface area contributed by atoms with Gasteiger partial charge in [0.05, 0.1) is 10.6 Å². The molecule has 6 nitrogen and oxygen atoms in total. The van der Waals surface area contributed by atoms with E-state index in [1.54, 1.807) is 6.92 Å². The van der Waals surface area contributed by atoms with E-state index in [0.717, 1.165) is 11.6 Å². The lowest BCUT2D eigenvalue weighted by Crippen LogP contribution is -2.19. The van der Waals surface area contributed by atoms with Crippen LogP contribution in [-0.4, -0.2) is 16.5 Å². The van der Waals surface area contributed by atoms with Gasteiger partial charge in [-0.25, -0.2) is 5.43 Å². The molecule has 1 N–H and O–H groups in total. The second kappa shape index (κ2) is 6.82. The highest BCUT2D eigenvalue weighted by Gasteiger charge is 2.16. The smallest absolute Gasteiger partial charge is 0.267 e. The van der Waals surface area contributed by atoms with Crippen LogP contribution < -0.4 is 5.43 Å². The quantitative estimate of drug-likeness (QED) is 0.533. The van der Waals surface area contributed by atoms with Crippen LogP contribution in [0.3, 0.4) is 0 Å². The summed E-state index contributed by atoms with van der Waals surface area (Å²) < 4.78 is 0. The number of nitro benzene ring substituents is 1. The van der Waals surface area contributed by atoms with Crippen molar-refractivity contribution in [2.75, 3.05) is 0 Å². The highest BCUT2D eigenvalue weighted by Crippen LogP contribution is 2.24. The van der Waals surface area contributed by atoms with Gasteiger partial charge in [-0.3, -0.25) is 14.9 Å². The molecular formula is C15H12ClN3O3. The number of carbonyl (C=O) groups is 1. The topological polar surface area (TPSA) is 84.6 Å². The lowest BCUT2D eigenvalue weighted by Gasteiger charge is -2.03. The van der Waals surface area contributed by atoms with E-state index >= 15 is 0 Å². The lowest BCUT2D eigenvalue weighted by molar-refractivity contribution is -0.384. The standard InChI is InChI=1S/C15H12ClN3O3/c1-10(11-5-3-2-4-6-11)17-18-15(20)12-7-8-13(16)14(9-12)19(21)22/h2-9H,1H3,(H,18,20)/b17-10+. The molecule has 0 bridgehead atoms. The molecule has 0 aliphatic carbocycles. The molecule has 2 aromatic rings. The Balaban J connectivity index is 2.16. The fourth-order valence-corrected chi connectivity index (χ4v) is 1.92. The molecule has 2 aromatic carbocycles. The average molecular weight is 318 g/mol. The third kappa shape index (κ3) is 3.67. The van der Waals surface area contributed by atoms with Crippen LogP contribution in [-0.2, 0) is 0 Å². The van der Waals surface area contributed by atoms with E-state index in [4.69, 9.17) is 11.6 Å². The molecule has 0 atom stereocenters. The summed E-state index contributed by atoms with van der Waals surface area (Å²) in [6.45, 7) is 1.75. The van der Waals surface area contributed by atoms with Gasteiger partial charge in [-0.15, -0.1) is 0 Å². The number of nitrogens with zero attached hydrogens (tertiary/aromatic N) is 2. The van der Waals surface area contributed by atoms with Crippen LogP contribution in [0.2, 0.25) is 5.02 Å². The minimum atomic E-state index is -0.641. The van der Waals surface area contributed by atoms with Gasteiger partial charge in [-0.2, -0.15) is 5.10 Å². The van der Waals surface area contributed by atoms with E-state index in [-0.39, 0.29) is 16.3 Å². The Labute approximate surface area is 131 Å². The molecule has 0 saturated carbocycles. The minimum Gasteiger partial charge on any atom is -0.267 e. The number of nitrogens with one attached hydrogen (secondary N) is 1. The number of benzene rings is 2. The predicted molar refractivity (Wildman–Crippen MR) is 84.2 cm³/mol. The molecule has 112 valence electrons. The maximum Gasteiger partial charge on any atom is 0.288 e. The zero-order valence-corrected chi connectivity index (χ0v) is 12.4. The zero-order valence-electron chi connectivity index (χ0n) is 11.6. The zero-order chi connectivity index (χ0) is 16.1. The molecule has 1 amide bonds. The Morgan fingerprint density at radius 1 is 1.18 bits per heavy atom. The van der Waals surface area contributed by atoms with Gasteiger partial charge in [0, 0.05) is 11.6 Å². The molecule has 0 unspecified atom stereocenters. The highest BCUT2D eigenvalue weighted by atomic mass is 35.5. The number of hydrogen-bond donors (Lipinski definition) is 1. The van der Waals surface area contributed by atoms with Gasteiger partial charge >= 0.3 is 0 Å². The van der Waals surface area contributed by atoms with Gasteiger partial charge in [-0.1, -0.05) is 41.9 Å². The van der Waals surface area contributed by atoms with Crippen molar-refractivity contribution < 1.29 is 9.72 Å². The molecule has 22 heavy (non-hydrogen) atoms. The Morgan fingerprint density at radius 3 is 2.50 bits per heavy atom. The molecular weight excluding hydrogens is 306 g/mol. The molecule has 0 fully saturated rings. The molecule has 0 aromatic heterocycles. The van der Waals surface area contributed by atoms with Crippen molar-refractivity contribution in [1.29, 1.82) is 0 Å². The lowest BCUT2D eigenvalue weighted by atomic mass is 10.1. The second-order valence-corrected chi connectivity index (χ2v) is 4.83. The van der Waals surface area contributed by atoms with Crippen molar-refractivity contribution in [3.63, 3.8) is 0 Å². The predicted octanol–water partition coefficient (Wildman–Crippen LogP) is 3.40. The fourth-order valence-electron chi connectivity index (χ4n) is 1.74. The summed E-state index contributed by atoms with van der Waals surface area (Å²) in [6, 6.07) is 13.1. The van der Waals surface area contributed by atoms with E-state index in [1.807, 2.05) is 30.3 Å². The van der Waals surface area contributed by atoms with Crippen molar-refractivity contribution in [2.45, 2.75) is 6.92 Å². The molecule has 0 saturated heterocycles. The number of hydrogen-bond acceptors (Lipinski definition) is 4. The van der Waals surface area contributed by atoms with E-state index in [2.05, 4.69) is 10.5 Å². The normalized spacial score (nSPS) is 11.1. The maximum absolute atomic E-state index is 12.0. The highest BCUT2D eigenvalue weighted by molar-refractivity contribution is 6.32. The number of amides is 1. The van der Waals surface area contributed by atoms with Crippen molar-refractivity contribution in [3.8, 4) is 0 Å². The fraction of sp³-hybridized carbons (Fsp3) is 0.0667. The Hall–Kier alpha value is -2.73. The summed E-state index contributed by atoms with van der Waals surface area (Å²) in [5, 5.41) is 14.8. The van der Waals surface area contributed by atoms with Crippen molar-refractivity contribution >= 4 is 28.9 Å². The number of halogens is 1. The first-order valence-electron chi connectivity index (χ1n) is 6.33. The number of nitro groups is 1. The van der Waals surface area contributed by atoms with Crippen LogP contribution in [0.4, 0.5) is 5.69 Å². The summed E-state index contributed by atoms with van der Waals surface area (Å²) in [5.74, 6) is -0.546.